The molecule has 25 heteroatoms. The average Bonchev–Trinajstić information content (AvgIpc) is 3.13. The zero-order chi connectivity index (χ0) is 36.0. The molecular formula is C18Cr4Fe3N18. The van der Waals surface area contributed by atoms with Gasteiger partial charge in [0.15, 0.2) is 0 Å². The first-order chi connectivity index (χ1) is 18.0. The summed E-state index contributed by atoms with van der Waals surface area (Å²) >= 11 is 0. The van der Waals surface area contributed by atoms with E-state index in [1.54, 1.807) is 0 Å². The molecule has 0 atom stereocenters. The Bertz CT molecular complexity index is 381. The van der Waals surface area contributed by atoms with Gasteiger partial charge in [0.05, 0.1) is 0 Å². The van der Waals surface area contributed by atoms with Crippen LogP contribution in [0.25, 0.3) is 0 Å². The molecule has 18 nitrogen and oxygen atoms in total. The minimum Gasteiger partial charge on any atom is -0.512 e. The fourth-order valence-electron chi connectivity index (χ4n) is 0. The molecule has 0 unspecified atom stereocenters. The topological polar surface area (TPSA) is 428 Å². The molecule has 0 spiro atoms. The second-order valence-electron chi connectivity index (χ2n) is 0. The molecule has 0 bridgehead atoms. The minimum atomic E-state index is 0. The second kappa shape index (κ2) is 1530. The molecule has 43 heavy (non-hydrogen) atoms. The molecule has 210 valence electrons. The van der Waals surface area contributed by atoms with E-state index in [9.17, 15) is 0 Å². The predicted octanol–water partition coefficient (Wildman–Crippen LogP) is 1.72. The molecule has 0 aliphatic rings. The average molecular weight is 844 g/mol. The van der Waals surface area contributed by atoms with Gasteiger partial charge in [-0.15, -0.1) is 0 Å². The van der Waals surface area contributed by atoms with Gasteiger partial charge < -0.3 is 213 Å². The van der Waals surface area contributed by atoms with Crippen molar-refractivity contribution in [2.45, 2.75) is 0 Å². The van der Waals surface area contributed by atoms with Crippen LogP contribution in [0.15, 0.2) is 0 Å². The normalized spacial score (nSPS) is 0.837. The smallest absolute Gasteiger partial charge is 0.512 e. The number of nitrogens with zero attached hydrogens (tertiary/aromatic N) is 18. The Hall–Kier alpha value is -5.49. The molecule has 0 aromatic carbocycles. The van der Waals surface area contributed by atoms with Crippen molar-refractivity contribution in [3.05, 3.63) is 118 Å². The molecule has 0 fully saturated rings. The zero-order valence-corrected chi connectivity index (χ0v) is 28.2. The number of hydrogen-bond acceptors (Lipinski definition) is 18. The van der Waals surface area contributed by atoms with E-state index in [2.05, 4.69) is 0 Å². The summed E-state index contributed by atoms with van der Waals surface area (Å²) in [5.41, 5.74) is 0. The van der Waals surface area contributed by atoms with E-state index in [1.165, 1.54) is 0 Å². The fraction of sp³-hybridized carbons (Fsp3) is 0. The quantitative estimate of drug-likeness (QED) is 0.247. The first-order valence-electron chi connectivity index (χ1n) is 4.02. The molecule has 0 amide bonds. The van der Waals surface area contributed by atoms with E-state index >= 15 is 0 Å². The van der Waals surface area contributed by atoms with Gasteiger partial charge in [0.25, 0.3) is 0 Å². The maximum absolute atomic E-state index is 6.25. The van der Waals surface area contributed by atoms with Crippen molar-refractivity contribution >= 4 is 0 Å². The third kappa shape index (κ3) is 1440. The van der Waals surface area contributed by atoms with E-state index in [0.717, 1.165) is 0 Å². The third-order valence-corrected chi connectivity index (χ3v) is 0. The van der Waals surface area contributed by atoms with Crippen molar-refractivity contribution in [3.8, 4) is 0 Å². The van der Waals surface area contributed by atoms with Crippen LogP contribution in [0.2, 0.25) is 0 Å². The van der Waals surface area contributed by atoms with Gasteiger partial charge in [-0.1, -0.05) is 0 Å². The Morgan fingerprint density at radius 1 is 0.116 bits per heavy atom. The standard InChI is InChI=1S/18CN.4Cr.3Fe/c18*1-2;;;;;;;/q18*-1;4*+3;3*+2. The summed E-state index contributed by atoms with van der Waals surface area (Å²) in [6.07, 6.45) is 0. The van der Waals surface area contributed by atoms with Gasteiger partial charge in [0, 0.05) is 0 Å². The maximum Gasteiger partial charge on any atom is 3.00 e. The van der Waals surface area contributed by atoms with Crippen LogP contribution in [0.5, 0.6) is 0 Å². The van der Waals surface area contributed by atoms with Crippen LogP contribution in [0.1, 0.15) is 0 Å². The molecule has 0 aromatic rings. The summed E-state index contributed by atoms with van der Waals surface area (Å²) in [7, 11) is 0. The van der Waals surface area contributed by atoms with Crippen molar-refractivity contribution < 1.29 is 121 Å². The van der Waals surface area contributed by atoms with Crippen molar-refractivity contribution in [2.75, 3.05) is 0 Å². The summed E-state index contributed by atoms with van der Waals surface area (Å²) in [5, 5.41) is 112. The molecule has 0 aliphatic carbocycles. The number of rotatable bonds is 0. The summed E-state index contributed by atoms with van der Waals surface area (Å²) in [6.45, 7) is 85.5. The van der Waals surface area contributed by atoms with Gasteiger partial charge in [0.1, 0.15) is 0 Å². The first kappa shape index (κ1) is 320. The van der Waals surface area contributed by atoms with Crippen LogP contribution in [0.3, 0.4) is 0 Å². The maximum atomic E-state index is 6.25. The monoisotopic (exact) mass is 844 g/mol. The van der Waals surface area contributed by atoms with Gasteiger partial charge >= 0.3 is 121 Å². The summed E-state index contributed by atoms with van der Waals surface area (Å²) < 4.78 is 0. The van der Waals surface area contributed by atoms with Crippen molar-refractivity contribution in [3.63, 3.8) is 0 Å². The van der Waals surface area contributed by atoms with Crippen molar-refractivity contribution in [1.82, 2.24) is 0 Å². The largest absolute Gasteiger partial charge is 3.00 e. The molecule has 0 aromatic heterocycles. The van der Waals surface area contributed by atoms with Gasteiger partial charge in [0.2, 0.25) is 0 Å². The molecule has 0 saturated carbocycles. The van der Waals surface area contributed by atoms with E-state index < -0.39 is 0 Å². The predicted molar refractivity (Wildman–Crippen MR) is 89.4 cm³/mol. The van der Waals surface area contributed by atoms with E-state index in [1.807, 2.05) is 0 Å². The molecule has 0 N–H and O–H groups in total. The van der Waals surface area contributed by atoms with Crippen LogP contribution in [-0.4, -0.2) is 0 Å². The van der Waals surface area contributed by atoms with Crippen molar-refractivity contribution in [2.24, 2.45) is 0 Å². The molecule has 0 saturated heterocycles. The molecule has 4 radical (unpaired) electrons. The summed E-state index contributed by atoms with van der Waals surface area (Å²) in [6, 6.07) is 0. The van der Waals surface area contributed by atoms with Crippen LogP contribution >= 0.6 is 0 Å². The summed E-state index contributed by atoms with van der Waals surface area (Å²) in [5.74, 6) is 0. The van der Waals surface area contributed by atoms with Crippen LogP contribution in [0.4, 0.5) is 0 Å². The Balaban J connectivity index is -0.00000000344. The molecular weight excluding hydrogens is 844 g/mol. The van der Waals surface area contributed by atoms with Crippen LogP contribution < -0.4 is 0 Å². The second-order valence-corrected chi connectivity index (χ2v) is 0. The van der Waals surface area contributed by atoms with Crippen LogP contribution in [0, 0.1) is 213 Å². The summed E-state index contributed by atoms with van der Waals surface area (Å²) in [4.78, 5) is 0. The van der Waals surface area contributed by atoms with Gasteiger partial charge in [-0.2, -0.15) is 0 Å². The van der Waals surface area contributed by atoms with E-state index in [-0.39, 0.29) is 121 Å². The Labute approximate surface area is 330 Å². The number of hydrogen-bond donors (Lipinski definition) is 0. The van der Waals surface area contributed by atoms with Crippen LogP contribution in [-0.2, 0) is 121 Å². The Morgan fingerprint density at radius 3 is 0.116 bits per heavy atom. The van der Waals surface area contributed by atoms with Gasteiger partial charge in [-0.05, 0) is 0 Å². The zero-order valence-electron chi connectivity index (χ0n) is 19.7. The van der Waals surface area contributed by atoms with E-state index in [0.29, 0.717) is 0 Å². The molecule has 0 heterocycles. The third-order valence-electron chi connectivity index (χ3n) is 0. The Kier molecular flexibility index (Phi) is 11300. The van der Waals surface area contributed by atoms with Crippen molar-refractivity contribution in [1.29, 1.82) is 94.7 Å². The molecule has 0 rings (SSSR count). The van der Waals surface area contributed by atoms with E-state index in [4.69, 9.17) is 213 Å². The SMILES string of the molecule is [C-]#N.[C-]#N.[C-]#N.[C-]#N.[C-]#N.[C-]#N.[C-]#N.[C-]#N.[C-]#N.[C-]#N.[C-]#N.[C-]#N.[C-]#N.[C-]#N.[C-]#N.[C-]#N.[C-]#N.[C-]#N.[Cr+3].[Cr+3].[Cr+3].[Cr+3].[Fe+2].[Fe+2].[Fe+2]. The minimum absolute atomic E-state index is 0. The molecule has 0 aliphatic heterocycles. The van der Waals surface area contributed by atoms with Gasteiger partial charge in [-0.3, -0.25) is 0 Å². The Morgan fingerprint density at radius 2 is 0.116 bits per heavy atom. The van der Waals surface area contributed by atoms with Gasteiger partial charge in [-0.25, -0.2) is 0 Å². The first-order valence-corrected chi connectivity index (χ1v) is 4.02. The fourth-order valence-corrected chi connectivity index (χ4v) is 0.